The molecular weight excluding hydrogens is 208 g/mol. The lowest BCUT2D eigenvalue weighted by atomic mass is 9.93. The molecule has 0 spiro atoms. The molecular formula is C12H18O4. The molecule has 0 saturated heterocycles. The number of furan rings is 1. The third kappa shape index (κ3) is 4.49. The minimum Gasteiger partial charge on any atom is -0.475 e. The second-order valence-corrected chi connectivity index (χ2v) is 4.93. The van der Waals surface area contributed by atoms with E-state index in [-0.39, 0.29) is 11.2 Å². The van der Waals surface area contributed by atoms with E-state index in [1.807, 2.05) is 0 Å². The molecule has 0 fully saturated rings. The van der Waals surface area contributed by atoms with Gasteiger partial charge in [-0.3, -0.25) is 0 Å². The van der Waals surface area contributed by atoms with Gasteiger partial charge in [0.05, 0.1) is 0 Å². The van der Waals surface area contributed by atoms with Gasteiger partial charge in [-0.05, 0) is 24.0 Å². The van der Waals surface area contributed by atoms with Crippen molar-refractivity contribution >= 4 is 5.97 Å². The number of carboxylic acid groups (broad SMARTS) is 1. The zero-order chi connectivity index (χ0) is 12.2. The van der Waals surface area contributed by atoms with Crippen molar-refractivity contribution in [1.82, 2.24) is 0 Å². The lowest BCUT2D eigenvalue weighted by Crippen LogP contribution is -2.09. The molecule has 4 heteroatoms. The quantitative estimate of drug-likeness (QED) is 0.784. The largest absolute Gasteiger partial charge is 0.475 e. The van der Waals surface area contributed by atoms with Crippen LogP contribution < -0.4 is 0 Å². The highest BCUT2D eigenvalue weighted by Crippen LogP contribution is 2.18. The molecule has 0 aliphatic heterocycles. The molecule has 4 nitrogen and oxygen atoms in total. The maximum Gasteiger partial charge on any atom is 0.371 e. The fraction of sp³-hybridized carbons (Fsp3) is 0.583. The van der Waals surface area contributed by atoms with Crippen LogP contribution in [0.15, 0.2) is 16.5 Å². The molecule has 0 amide bonds. The normalized spacial score (nSPS) is 11.7. The summed E-state index contributed by atoms with van der Waals surface area (Å²) in [6.07, 6.45) is 0.958. The summed E-state index contributed by atoms with van der Waals surface area (Å²) in [6, 6.07) is 3.06. The van der Waals surface area contributed by atoms with Gasteiger partial charge < -0.3 is 14.3 Å². The van der Waals surface area contributed by atoms with Crippen molar-refractivity contribution in [1.29, 1.82) is 0 Å². The van der Waals surface area contributed by atoms with Crippen LogP contribution in [0.1, 0.15) is 43.5 Å². The van der Waals surface area contributed by atoms with Crippen LogP contribution in [0.2, 0.25) is 0 Å². The van der Waals surface area contributed by atoms with Crippen molar-refractivity contribution < 1.29 is 19.1 Å². The first-order chi connectivity index (χ1) is 7.38. The zero-order valence-corrected chi connectivity index (χ0v) is 9.95. The first kappa shape index (κ1) is 12.8. The van der Waals surface area contributed by atoms with Gasteiger partial charge in [-0.1, -0.05) is 20.8 Å². The van der Waals surface area contributed by atoms with Gasteiger partial charge in [0.1, 0.15) is 12.4 Å². The maximum absolute atomic E-state index is 10.5. The first-order valence-corrected chi connectivity index (χ1v) is 5.28. The maximum atomic E-state index is 10.5. The van der Waals surface area contributed by atoms with Crippen LogP contribution in [0.4, 0.5) is 0 Å². The molecule has 0 saturated carbocycles. The molecule has 1 N–H and O–H groups in total. The van der Waals surface area contributed by atoms with Gasteiger partial charge in [0.25, 0.3) is 0 Å². The van der Waals surface area contributed by atoms with Crippen molar-refractivity contribution in [3.8, 4) is 0 Å². The van der Waals surface area contributed by atoms with E-state index in [4.69, 9.17) is 14.3 Å². The van der Waals surface area contributed by atoms with Crippen LogP contribution >= 0.6 is 0 Å². The highest BCUT2D eigenvalue weighted by atomic mass is 16.5. The topological polar surface area (TPSA) is 59.7 Å². The Labute approximate surface area is 95.2 Å². The Hall–Kier alpha value is -1.29. The summed E-state index contributed by atoms with van der Waals surface area (Å²) in [7, 11) is 0. The molecule has 0 aliphatic carbocycles. The van der Waals surface area contributed by atoms with Gasteiger partial charge in [-0.2, -0.15) is 0 Å². The number of carboxylic acids is 1. The summed E-state index contributed by atoms with van der Waals surface area (Å²) in [5, 5.41) is 8.64. The van der Waals surface area contributed by atoms with E-state index in [9.17, 15) is 4.79 Å². The Morgan fingerprint density at radius 3 is 2.62 bits per heavy atom. The van der Waals surface area contributed by atoms with Crippen molar-refractivity contribution in [2.45, 2.75) is 33.8 Å². The van der Waals surface area contributed by atoms with Crippen LogP contribution in [0.3, 0.4) is 0 Å². The molecule has 16 heavy (non-hydrogen) atoms. The van der Waals surface area contributed by atoms with E-state index < -0.39 is 5.97 Å². The Morgan fingerprint density at radius 2 is 2.12 bits per heavy atom. The highest BCUT2D eigenvalue weighted by molar-refractivity contribution is 5.84. The lowest BCUT2D eigenvalue weighted by molar-refractivity contribution is 0.0637. The SMILES string of the molecule is CC(C)(C)CCOCc1ccc(C(=O)O)o1. The van der Waals surface area contributed by atoms with E-state index in [1.54, 1.807) is 6.07 Å². The number of hydrogen-bond acceptors (Lipinski definition) is 3. The van der Waals surface area contributed by atoms with Crippen molar-refractivity contribution in [3.05, 3.63) is 23.7 Å². The summed E-state index contributed by atoms with van der Waals surface area (Å²) in [6.45, 7) is 7.40. The Bertz CT molecular complexity index is 346. The molecule has 0 aromatic carbocycles. The number of rotatable bonds is 5. The number of carbonyl (C=O) groups is 1. The van der Waals surface area contributed by atoms with Crippen LogP contribution in [0.25, 0.3) is 0 Å². The number of aromatic carboxylic acids is 1. The summed E-state index contributed by atoms with van der Waals surface area (Å²) in [4.78, 5) is 10.5. The Kier molecular flexibility index (Phi) is 4.12. The molecule has 90 valence electrons. The third-order valence-corrected chi connectivity index (χ3v) is 2.11. The molecule has 0 radical (unpaired) electrons. The zero-order valence-electron chi connectivity index (χ0n) is 9.95. The van der Waals surface area contributed by atoms with E-state index in [0.717, 1.165) is 6.42 Å². The summed E-state index contributed by atoms with van der Waals surface area (Å²) in [5.41, 5.74) is 0.245. The number of ether oxygens (including phenoxy) is 1. The van der Waals surface area contributed by atoms with Crippen LogP contribution in [-0.4, -0.2) is 17.7 Å². The second-order valence-electron chi connectivity index (χ2n) is 4.93. The molecule has 1 aromatic rings. The lowest BCUT2D eigenvalue weighted by Gasteiger charge is -2.17. The molecule has 0 atom stereocenters. The van der Waals surface area contributed by atoms with E-state index in [1.165, 1.54) is 6.07 Å². The van der Waals surface area contributed by atoms with Crippen molar-refractivity contribution in [3.63, 3.8) is 0 Å². The van der Waals surface area contributed by atoms with Gasteiger partial charge >= 0.3 is 5.97 Å². The predicted molar refractivity (Wildman–Crippen MR) is 59.4 cm³/mol. The average Bonchev–Trinajstić information content (AvgIpc) is 2.59. The van der Waals surface area contributed by atoms with Crippen molar-refractivity contribution in [2.75, 3.05) is 6.61 Å². The van der Waals surface area contributed by atoms with Gasteiger partial charge in [-0.15, -0.1) is 0 Å². The van der Waals surface area contributed by atoms with Gasteiger partial charge in [0.15, 0.2) is 0 Å². The van der Waals surface area contributed by atoms with Crippen LogP contribution in [-0.2, 0) is 11.3 Å². The molecule has 0 bridgehead atoms. The van der Waals surface area contributed by atoms with E-state index >= 15 is 0 Å². The predicted octanol–water partition coefficient (Wildman–Crippen LogP) is 2.93. The fourth-order valence-corrected chi connectivity index (χ4v) is 1.12. The smallest absolute Gasteiger partial charge is 0.371 e. The van der Waals surface area contributed by atoms with Gasteiger partial charge in [0, 0.05) is 6.61 Å². The van der Waals surface area contributed by atoms with E-state index in [0.29, 0.717) is 19.0 Å². The van der Waals surface area contributed by atoms with Crippen LogP contribution in [0, 0.1) is 5.41 Å². The first-order valence-electron chi connectivity index (χ1n) is 5.28. The molecule has 0 unspecified atom stereocenters. The highest BCUT2D eigenvalue weighted by Gasteiger charge is 2.11. The molecule has 0 aliphatic rings. The molecule has 1 heterocycles. The number of hydrogen-bond donors (Lipinski definition) is 1. The minimum absolute atomic E-state index is 0.0468. The Balaban J connectivity index is 2.30. The standard InChI is InChI=1S/C12H18O4/c1-12(2,3)6-7-15-8-9-4-5-10(16-9)11(13)14/h4-5H,6-8H2,1-3H3,(H,13,14). The third-order valence-electron chi connectivity index (χ3n) is 2.11. The van der Waals surface area contributed by atoms with Gasteiger partial charge in [-0.25, -0.2) is 4.79 Å². The summed E-state index contributed by atoms with van der Waals surface area (Å²) >= 11 is 0. The van der Waals surface area contributed by atoms with Crippen LogP contribution in [0.5, 0.6) is 0 Å². The Morgan fingerprint density at radius 1 is 1.44 bits per heavy atom. The average molecular weight is 226 g/mol. The minimum atomic E-state index is -1.05. The molecule has 1 rings (SSSR count). The summed E-state index contributed by atoms with van der Waals surface area (Å²) < 4.78 is 10.5. The molecule has 1 aromatic heterocycles. The van der Waals surface area contributed by atoms with Gasteiger partial charge in [0.2, 0.25) is 5.76 Å². The monoisotopic (exact) mass is 226 g/mol. The van der Waals surface area contributed by atoms with Crippen molar-refractivity contribution in [2.24, 2.45) is 5.41 Å². The summed E-state index contributed by atoms with van der Waals surface area (Å²) in [5.74, 6) is -0.554. The second kappa shape index (κ2) is 5.16. The fourth-order valence-electron chi connectivity index (χ4n) is 1.12. The van der Waals surface area contributed by atoms with E-state index in [2.05, 4.69) is 20.8 Å².